The SMILES string of the molecule is CC.CCc1cc(F)c(N)cc1F. The van der Waals surface area contributed by atoms with Crippen molar-refractivity contribution < 1.29 is 8.78 Å². The Morgan fingerprint density at radius 1 is 1.15 bits per heavy atom. The van der Waals surface area contributed by atoms with Crippen LogP contribution in [0.5, 0.6) is 0 Å². The highest BCUT2D eigenvalue weighted by molar-refractivity contribution is 5.42. The molecular weight excluding hydrogens is 172 g/mol. The van der Waals surface area contributed by atoms with Crippen LogP contribution in [0.1, 0.15) is 26.3 Å². The van der Waals surface area contributed by atoms with Gasteiger partial charge in [-0.2, -0.15) is 0 Å². The summed E-state index contributed by atoms with van der Waals surface area (Å²) >= 11 is 0. The van der Waals surface area contributed by atoms with Gasteiger partial charge in [-0.05, 0) is 18.1 Å². The van der Waals surface area contributed by atoms with Gasteiger partial charge in [0, 0.05) is 6.07 Å². The van der Waals surface area contributed by atoms with E-state index < -0.39 is 11.6 Å². The van der Waals surface area contributed by atoms with Crippen molar-refractivity contribution in [2.75, 3.05) is 5.73 Å². The molecule has 1 rings (SSSR count). The summed E-state index contributed by atoms with van der Waals surface area (Å²) in [6.45, 7) is 5.76. The Hall–Kier alpha value is -1.12. The van der Waals surface area contributed by atoms with E-state index in [4.69, 9.17) is 5.73 Å². The fourth-order valence-electron chi connectivity index (χ4n) is 0.874. The van der Waals surface area contributed by atoms with Crippen molar-refractivity contribution >= 4 is 5.69 Å². The Balaban J connectivity index is 0.000000671. The van der Waals surface area contributed by atoms with Crippen molar-refractivity contribution in [1.29, 1.82) is 0 Å². The van der Waals surface area contributed by atoms with Crippen molar-refractivity contribution in [2.45, 2.75) is 27.2 Å². The maximum atomic E-state index is 12.8. The second kappa shape index (κ2) is 5.51. The summed E-state index contributed by atoms with van der Waals surface area (Å²) in [5.41, 5.74) is 5.35. The molecule has 13 heavy (non-hydrogen) atoms. The van der Waals surface area contributed by atoms with E-state index in [1.807, 2.05) is 13.8 Å². The lowest BCUT2D eigenvalue weighted by atomic mass is 10.1. The molecule has 74 valence electrons. The molecule has 2 N–H and O–H groups in total. The average Bonchev–Trinajstić information content (AvgIpc) is 2.15. The van der Waals surface area contributed by atoms with Gasteiger partial charge < -0.3 is 5.73 Å². The van der Waals surface area contributed by atoms with Gasteiger partial charge in [-0.1, -0.05) is 20.8 Å². The van der Waals surface area contributed by atoms with Gasteiger partial charge in [-0.3, -0.25) is 0 Å². The van der Waals surface area contributed by atoms with Crippen molar-refractivity contribution in [3.63, 3.8) is 0 Å². The number of rotatable bonds is 1. The zero-order valence-electron chi connectivity index (χ0n) is 8.20. The molecule has 3 heteroatoms. The first kappa shape index (κ1) is 11.9. The van der Waals surface area contributed by atoms with Gasteiger partial charge in [0.25, 0.3) is 0 Å². The van der Waals surface area contributed by atoms with Crippen LogP contribution in [0.4, 0.5) is 14.5 Å². The predicted octanol–water partition coefficient (Wildman–Crippen LogP) is 3.14. The second-order valence-electron chi connectivity index (χ2n) is 2.32. The third kappa shape index (κ3) is 3.01. The smallest absolute Gasteiger partial charge is 0.146 e. The van der Waals surface area contributed by atoms with Crippen LogP contribution >= 0.6 is 0 Å². The monoisotopic (exact) mass is 187 g/mol. The number of nitrogens with two attached hydrogens (primary N) is 1. The molecular formula is C10H15F2N. The fraction of sp³-hybridized carbons (Fsp3) is 0.400. The third-order valence-corrected chi connectivity index (χ3v) is 1.55. The Morgan fingerprint density at radius 2 is 1.69 bits per heavy atom. The molecule has 0 aliphatic rings. The Morgan fingerprint density at radius 3 is 2.15 bits per heavy atom. The van der Waals surface area contributed by atoms with Crippen molar-refractivity contribution in [2.24, 2.45) is 0 Å². The summed E-state index contributed by atoms with van der Waals surface area (Å²) in [5, 5.41) is 0. The predicted molar refractivity (Wildman–Crippen MR) is 51.5 cm³/mol. The molecule has 1 aromatic carbocycles. The molecule has 0 aromatic heterocycles. The van der Waals surface area contributed by atoms with Crippen LogP contribution in [-0.2, 0) is 6.42 Å². The first-order valence-electron chi connectivity index (χ1n) is 4.38. The van der Waals surface area contributed by atoms with Crippen LogP contribution in [0.3, 0.4) is 0 Å². The highest BCUT2D eigenvalue weighted by Crippen LogP contribution is 2.16. The number of halogens is 2. The molecule has 0 bridgehead atoms. The first-order valence-corrected chi connectivity index (χ1v) is 4.38. The zero-order valence-corrected chi connectivity index (χ0v) is 8.20. The molecule has 0 aliphatic heterocycles. The number of benzene rings is 1. The van der Waals surface area contributed by atoms with Gasteiger partial charge in [0.1, 0.15) is 11.6 Å². The lowest BCUT2D eigenvalue weighted by Gasteiger charge is -2.01. The van der Waals surface area contributed by atoms with Crippen molar-refractivity contribution in [1.82, 2.24) is 0 Å². The maximum Gasteiger partial charge on any atom is 0.146 e. The van der Waals surface area contributed by atoms with E-state index in [-0.39, 0.29) is 5.69 Å². The minimum atomic E-state index is -0.553. The molecule has 0 heterocycles. The largest absolute Gasteiger partial charge is 0.396 e. The minimum absolute atomic E-state index is 0.139. The van der Waals surface area contributed by atoms with E-state index in [1.54, 1.807) is 6.92 Å². The number of hydrogen-bond donors (Lipinski definition) is 1. The van der Waals surface area contributed by atoms with Gasteiger partial charge >= 0.3 is 0 Å². The van der Waals surface area contributed by atoms with Gasteiger partial charge in [-0.15, -0.1) is 0 Å². The molecule has 0 saturated carbocycles. The lowest BCUT2D eigenvalue weighted by Crippen LogP contribution is -1.95. The van der Waals surface area contributed by atoms with E-state index in [0.717, 1.165) is 12.1 Å². The average molecular weight is 187 g/mol. The summed E-state index contributed by atoms with van der Waals surface area (Å²) in [7, 11) is 0. The molecule has 1 nitrogen and oxygen atoms in total. The summed E-state index contributed by atoms with van der Waals surface area (Å²) in [6, 6.07) is 2.14. The zero-order chi connectivity index (χ0) is 10.4. The van der Waals surface area contributed by atoms with Crippen LogP contribution in [0.15, 0.2) is 12.1 Å². The summed E-state index contributed by atoms with van der Waals surface area (Å²) in [4.78, 5) is 0. The molecule has 0 atom stereocenters. The molecule has 0 aliphatic carbocycles. The van der Waals surface area contributed by atoms with Gasteiger partial charge in [0.2, 0.25) is 0 Å². The number of hydrogen-bond acceptors (Lipinski definition) is 1. The molecule has 0 fully saturated rings. The first-order chi connectivity index (χ1) is 6.15. The maximum absolute atomic E-state index is 12.8. The van der Waals surface area contributed by atoms with E-state index in [0.29, 0.717) is 12.0 Å². The molecule has 0 amide bonds. The fourth-order valence-corrected chi connectivity index (χ4v) is 0.874. The normalized spacial score (nSPS) is 9.00. The Kier molecular flexibility index (Phi) is 5.04. The van der Waals surface area contributed by atoms with Crippen LogP contribution in [0, 0.1) is 11.6 Å². The number of anilines is 1. The highest BCUT2D eigenvalue weighted by Gasteiger charge is 2.04. The van der Waals surface area contributed by atoms with Crippen LogP contribution < -0.4 is 5.73 Å². The summed E-state index contributed by atoms with van der Waals surface area (Å²) < 4.78 is 25.4. The van der Waals surface area contributed by atoms with Crippen LogP contribution in [0.2, 0.25) is 0 Å². The van der Waals surface area contributed by atoms with Gasteiger partial charge in [0.05, 0.1) is 5.69 Å². The van der Waals surface area contributed by atoms with Crippen molar-refractivity contribution in [3.05, 3.63) is 29.3 Å². The van der Waals surface area contributed by atoms with Gasteiger partial charge in [0.15, 0.2) is 0 Å². The molecule has 0 radical (unpaired) electrons. The van der Waals surface area contributed by atoms with Gasteiger partial charge in [-0.25, -0.2) is 8.78 Å². The molecule has 0 saturated heterocycles. The lowest BCUT2D eigenvalue weighted by molar-refractivity contribution is 0.590. The Labute approximate surface area is 77.6 Å². The molecule has 0 spiro atoms. The van der Waals surface area contributed by atoms with E-state index in [2.05, 4.69) is 0 Å². The third-order valence-electron chi connectivity index (χ3n) is 1.55. The number of aryl methyl sites for hydroxylation is 1. The second-order valence-corrected chi connectivity index (χ2v) is 2.32. The summed E-state index contributed by atoms with van der Waals surface area (Å²) in [5.74, 6) is -0.991. The van der Waals surface area contributed by atoms with E-state index in [1.165, 1.54) is 0 Å². The van der Waals surface area contributed by atoms with Crippen LogP contribution in [0.25, 0.3) is 0 Å². The van der Waals surface area contributed by atoms with E-state index >= 15 is 0 Å². The quantitative estimate of drug-likeness (QED) is 0.671. The molecule has 1 aromatic rings. The Bertz CT molecular complexity index is 272. The summed E-state index contributed by atoms with van der Waals surface area (Å²) in [6.07, 6.45) is 0.475. The van der Waals surface area contributed by atoms with E-state index in [9.17, 15) is 8.78 Å². The minimum Gasteiger partial charge on any atom is -0.396 e. The number of nitrogen functional groups attached to an aromatic ring is 1. The topological polar surface area (TPSA) is 26.0 Å². The highest BCUT2D eigenvalue weighted by atomic mass is 19.1. The van der Waals surface area contributed by atoms with Crippen LogP contribution in [-0.4, -0.2) is 0 Å². The van der Waals surface area contributed by atoms with Crippen molar-refractivity contribution in [3.8, 4) is 0 Å². The standard InChI is InChI=1S/C8H9F2N.C2H6/c1-2-5-3-7(10)8(11)4-6(5)9;1-2/h3-4H,2,11H2,1H3;1-2H3. The molecule has 0 unspecified atom stereocenters.